The number of imidazole rings is 1. The zero-order valence-corrected chi connectivity index (χ0v) is 14.3. The van der Waals surface area contributed by atoms with Gasteiger partial charge in [0.15, 0.2) is 5.13 Å². The number of rotatable bonds is 5. The molecule has 0 saturated carbocycles. The lowest BCUT2D eigenvalue weighted by Crippen LogP contribution is -2.29. The van der Waals surface area contributed by atoms with Crippen LogP contribution < -0.4 is 10.6 Å². The van der Waals surface area contributed by atoms with Crippen LogP contribution in [0.3, 0.4) is 0 Å². The van der Waals surface area contributed by atoms with E-state index in [1.54, 1.807) is 0 Å². The van der Waals surface area contributed by atoms with E-state index in [2.05, 4.69) is 25.6 Å². The van der Waals surface area contributed by atoms with Gasteiger partial charge in [-0.1, -0.05) is 35.6 Å². The second kappa shape index (κ2) is 6.90. The SMILES string of the molecule is O=C(NCCCc1nc2ccccc2[nH]1)Nc1nc2ccccc2s1. The molecular weight excluding hydrogens is 334 g/mol. The first-order chi connectivity index (χ1) is 12.3. The van der Waals surface area contributed by atoms with E-state index in [1.165, 1.54) is 11.3 Å². The Kier molecular flexibility index (Phi) is 4.30. The molecule has 0 aliphatic heterocycles. The van der Waals surface area contributed by atoms with E-state index in [0.717, 1.165) is 39.9 Å². The Bertz CT molecular complexity index is 956. The van der Waals surface area contributed by atoms with Crippen molar-refractivity contribution in [1.82, 2.24) is 20.3 Å². The monoisotopic (exact) mass is 351 g/mol. The molecule has 25 heavy (non-hydrogen) atoms. The molecule has 0 radical (unpaired) electrons. The van der Waals surface area contributed by atoms with Crippen molar-refractivity contribution in [3.8, 4) is 0 Å². The summed E-state index contributed by atoms with van der Waals surface area (Å²) in [7, 11) is 0. The smallest absolute Gasteiger partial charge is 0.321 e. The average Bonchev–Trinajstić information content (AvgIpc) is 3.21. The molecule has 2 heterocycles. The van der Waals surface area contributed by atoms with Crippen molar-refractivity contribution < 1.29 is 4.79 Å². The highest BCUT2D eigenvalue weighted by molar-refractivity contribution is 7.22. The Morgan fingerprint density at radius 3 is 2.68 bits per heavy atom. The molecule has 2 amide bonds. The molecule has 0 aliphatic rings. The summed E-state index contributed by atoms with van der Waals surface area (Å²) in [5.74, 6) is 0.939. The van der Waals surface area contributed by atoms with Gasteiger partial charge in [-0.3, -0.25) is 5.32 Å². The maximum Gasteiger partial charge on any atom is 0.321 e. The number of benzene rings is 2. The molecule has 4 aromatic rings. The highest BCUT2D eigenvalue weighted by atomic mass is 32.1. The van der Waals surface area contributed by atoms with Crippen LogP contribution in [0.4, 0.5) is 9.93 Å². The number of hydrogen-bond acceptors (Lipinski definition) is 4. The quantitative estimate of drug-likeness (QED) is 0.477. The van der Waals surface area contributed by atoms with Gasteiger partial charge in [-0.15, -0.1) is 0 Å². The fraction of sp³-hybridized carbons (Fsp3) is 0.167. The number of H-pyrrole nitrogens is 1. The number of carbonyl (C=O) groups excluding carboxylic acids is 1. The van der Waals surface area contributed by atoms with Crippen molar-refractivity contribution in [2.45, 2.75) is 12.8 Å². The summed E-state index contributed by atoms with van der Waals surface area (Å²) in [5, 5.41) is 6.25. The van der Waals surface area contributed by atoms with Crippen molar-refractivity contribution in [2.24, 2.45) is 0 Å². The van der Waals surface area contributed by atoms with E-state index in [9.17, 15) is 4.79 Å². The molecule has 0 atom stereocenters. The zero-order chi connectivity index (χ0) is 17.1. The molecular formula is C18H17N5OS. The second-order valence-corrected chi connectivity index (χ2v) is 6.70. The predicted octanol–water partition coefficient (Wildman–Crippen LogP) is 3.93. The first-order valence-corrected chi connectivity index (χ1v) is 8.94. The van der Waals surface area contributed by atoms with Crippen LogP contribution in [-0.2, 0) is 6.42 Å². The summed E-state index contributed by atoms with van der Waals surface area (Å²) in [6.45, 7) is 0.577. The van der Waals surface area contributed by atoms with E-state index in [4.69, 9.17) is 0 Å². The maximum absolute atomic E-state index is 12.0. The van der Waals surface area contributed by atoms with Gasteiger partial charge in [0.2, 0.25) is 0 Å². The minimum absolute atomic E-state index is 0.233. The lowest BCUT2D eigenvalue weighted by molar-refractivity contribution is 0.252. The number of aromatic amines is 1. The van der Waals surface area contributed by atoms with Crippen molar-refractivity contribution in [1.29, 1.82) is 0 Å². The van der Waals surface area contributed by atoms with Crippen LogP contribution in [-0.4, -0.2) is 27.5 Å². The molecule has 2 aromatic carbocycles. The summed E-state index contributed by atoms with van der Waals surface area (Å²) in [5.41, 5.74) is 2.91. The standard InChI is InChI=1S/C18H17N5OS/c24-17(23-18-22-14-8-3-4-9-15(14)25-18)19-11-5-10-16-20-12-6-1-2-7-13(12)21-16/h1-4,6-9H,5,10-11H2,(H,20,21)(H2,19,22,23,24). The van der Waals surface area contributed by atoms with Gasteiger partial charge in [0.1, 0.15) is 5.82 Å². The van der Waals surface area contributed by atoms with Crippen LogP contribution in [0.25, 0.3) is 21.3 Å². The topological polar surface area (TPSA) is 82.7 Å². The molecule has 4 rings (SSSR count). The molecule has 2 aromatic heterocycles. The minimum Gasteiger partial charge on any atom is -0.342 e. The molecule has 6 nitrogen and oxygen atoms in total. The molecule has 3 N–H and O–H groups in total. The zero-order valence-electron chi connectivity index (χ0n) is 13.5. The van der Waals surface area contributed by atoms with Crippen LogP contribution in [0.1, 0.15) is 12.2 Å². The van der Waals surface area contributed by atoms with Crippen LogP contribution in [0.15, 0.2) is 48.5 Å². The lowest BCUT2D eigenvalue weighted by Gasteiger charge is -2.04. The summed E-state index contributed by atoms with van der Waals surface area (Å²) < 4.78 is 1.06. The second-order valence-electron chi connectivity index (χ2n) is 5.67. The average molecular weight is 351 g/mol. The van der Waals surface area contributed by atoms with Crippen molar-refractivity contribution in [2.75, 3.05) is 11.9 Å². The summed E-state index contributed by atoms with van der Waals surface area (Å²) in [6.07, 6.45) is 1.60. The Balaban J connectivity index is 1.26. The molecule has 7 heteroatoms. The number of thiazole rings is 1. The summed E-state index contributed by atoms with van der Waals surface area (Å²) >= 11 is 1.47. The summed E-state index contributed by atoms with van der Waals surface area (Å²) in [4.78, 5) is 24.2. The molecule has 0 unspecified atom stereocenters. The van der Waals surface area contributed by atoms with Gasteiger partial charge < -0.3 is 10.3 Å². The Labute approximate surface area is 148 Å². The van der Waals surface area contributed by atoms with Gasteiger partial charge in [0.05, 0.1) is 21.3 Å². The number of nitrogens with zero attached hydrogens (tertiary/aromatic N) is 2. The maximum atomic E-state index is 12.0. The van der Waals surface area contributed by atoms with Gasteiger partial charge >= 0.3 is 6.03 Å². The highest BCUT2D eigenvalue weighted by Gasteiger charge is 2.07. The fourth-order valence-electron chi connectivity index (χ4n) is 2.65. The van der Waals surface area contributed by atoms with Crippen molar-refractivity contribution >= 4 is 43.7 Å². The third-order valence-corrected chi connectivity index (χ3v) is 4.78. The minimum atomic E-state index is -0.233. The molecule has 0 fully saturated rings. The molecule has 0 bridgehead atoms. The van der Waals surface area contributed by atoms with E-state index in [0.29, 0.717) is 11.7 Å². The Hall–Kier alpha value is -2.93. The Morgan fingerprint density at radius 1 is 1.04 bits per heavy atom. The first kappa shape index (κ1) is 15.6. The number of aromatic nitrogens is 3. The number of nitrogens with one attached hydrogen (secondary N) is 3. The third kappa shape index (κ3) is 3.61. The number of carbonyl (C=O) groups is 1. The van der Waals surface area contributed by atoms with Crippen LogP contribution in [0.5, 0.6) is 0 Å². The number of para-hydroxylation sites is 3. The van der Waals surface area contributed by atoms with Crippen LogP contribution in [0.2, 0.25) is 0 Å². The highest BCUT2D eigenvalue weighted by Crippen LogP contribution is 2.25. The number of hydrogen-bond donors (Lipinski definition) is 3. The van der Waals surface area contributed by atoms with Gasteiger partial charge in [0.25, 0.3) is 0 Å². The number of urea groups is 1. The number of amides is 2. The van der Waals surface area contributed by atoms with Crippen LogP contribution >= 0.6 is 11.3 Å². The molecule has 0 aliphatic carbocycles. The number of aryl methyl sites for hydroxylation is 1. The van der Waals surface area contributed by atoms with Crippen LogP contribution in [0, 0.1) is 0 Å². The van der Waals surface area contributed by atoms with Gasteiger partial charge in [-0.2, -0.15) is 0 Å². The van der Waals surface area contributed by atoms with Gasteiger partial charge in [-0.05, 0) is 30.7 Å². The van der Waals surface area contributed by atoms with E-state index in [1.807, 2.05) is 48.5 Å². The largest absolute Gasteiger partial charge is 0.342 e. The van der Waals surface area contributed by atoms with Crippen molar-refractivity contribution in [3.05, 3.63) is 54.4 Å². The first-order valence-electron chi connectivity index (χ1n) is 8.12. The molecule has 0 saturated heterocycles. The van der Waals surface area contributed by atoms with Gasteiger partial charge in [0, 0.05) is 13.0 Å². The van der Waals surface area contributed by atoms with Crippen molar-refractivity contribution in [3.63, 3.8) is 0 Å². The molecule has 0 spiro atoms. The predicted molar refractivity (Wildman–Crippen MR) is 101 cm³/mol. The van der Waals surface area contributed by atoms with Gasteiger partial charge in [-0.25, -0.2) is 14.8 Å². The van der Waals surface area contributed by atoms with E-state index < -0.39 is 0 Å². The summed E-state index contributed by atoms with van der Waals surface area (Å²) in [6, 6.07) is 15.5. The fourth-order valence-corrected chi connectivity index (χ4v) is 3.51. The number of anilines is 1. The third-order valence-electron chi connectivity index (χ3n) is 3.83. The normalized spacial score (nSPS) is 11.0. The Morgan fingerprint density at radius 2 is 1.84 bits per heavy atom. The number of fused-ring (bicyclic) bond motifs is 2. The molecule has 126 valence electrons. The lowest BCUT2D eigenvalue weighted by atomic mass is 10.3. The van der Waals surface area contributed by atoms with E-state index in [-0.39, 0.29) is 6.03 Å². The van der Waals surface area contributed by atoms with E-state index >= 15 is 0 Å².